The molecule has 0 spiro atoms. The molecular formula is C22H26Cl2FN3O5. The van der Waals surface area contributed by atoms with E-state index in [0.29, 0.717) is 24.5 Å². The summed E-state index contributed by atoms with van der Waals surface area (Å²) < 4.78 is 25.6. The van der Waals surface area contributed by atoms with Gasteiger partial charge in [0.15, 0.2) is 4.84 Å². The minimum atomic E-state index is -1.21. The Bertz CT molecular complexity index is 958. The number of hydrogen-bond acceptors (Lipinski definition) is 6. The topological polar surface area (TPSA) is 88.2 Å². The van der Waals surface area contributed by atoms with Crippen LogP contribution in [0.3, 0.4) is 0 Å². The van der Waals surface area contributed by atoms with Crippen LogP contribution in [-0.4, -0.2) is 60.7 Å². The van der Waals surface area contributed by atoms with Gasteiger partial charge in [0.25, 0.3) is 5.91 Å². The summed E-state index contributed by atoms with van der Waals surface area (Å²) in [6, 6.07) is 4.58. The smallest absolute Gasteiger partial charge is 0.414 e. The molecule has 1 N–H and O–H groups in total. The van der Waals surface area contributed by atoms with Gasteiger partial charge >= 0.3 is 12.1 Å². The SMILES string of the molecule is CC(C)(C)OC(=O)C1[C@H]2CN(c3ccc(N4C[C@H](CNC(=O)C(Cl)Cl)OC4=O)cc3F)C[C@@H]12. The molecule has 2 saturated heterocycles. The molecule has 4 rings (SSSR count). The number of hydrogen-bond donors (Lipinski definition) is 1. The number of esters is 1. The highest BCUT2D eigenvalue weighted by Gasteiger charge is 2.61. The summed E-state index contributed by atoms with van der Waals surface area (Å²) in [5, 5.41) is 2.49. The Morgan fingerprint density at radius 1 is 1.24 bits per heavy atom. The Kier molecular flexibility index (Phi) is 6.39. The summed E-state index contributed by atoms with van der Waals surface area (Å²) in [7, 11) is 0. The molecule has 3 fully saturated rings. The van der Waals surface area contributed by atoms with Crippen LogP contribution in [0.1, 0.15) is 20.8 Å². The molecule has 1 aromatic carbocycles. The number of carbonyl (C=O) groups is 3. The first-order valence-electron chi connectivity index (χ1n) is 10.8. The van der Waals surface area contributed by atoms with E-state index in [1.807, 2.05) is 25.7 Å². The van der Waals surface area contributed by atoms with Crippen molar-refractivity contribution in [2.75, 3.05) is 36.0 Å². The third-order valence-electron chi connectivity index (χ3n) is 6.03. The molecular weight excluding hydrogens is 476 g/mol. The average molecular weight is 502 g/mol. The first kappa shape index (κ1) is 23.9. The van der Waals surface area contributed by atoms with Crippen LogP contribution in [0.4, 0.5) is 20.6 Å². The van der Waals surface area contributed by atoms with Gasteiger partial charge in [0.1, 0.15) is 17.5 Å². The standard InChI is InChI=1S/C22H26Cl2FN3O5/c1-22(2,3)33-20(30)17-13-9-27(10-14(13)17)16-5-4-11(6-15(16)25)28-8-12(32-21(28)31)7-26-19(29)18(23)24/h4-6,12-14,17-18H,7-10H2,1-3H3,(H,26,29)/t12-,13-,14+,17?/m0/s1. The van der Waals surface area contributed by atoms with E-state index in [2.05, 4.69) is 5.32 Å². The lowest BCUT2D eigenvalue weighted by molar-refractivity contribution is -0.157. The molecule has 1 unspecified atom stereocenters. The van der Waals surface area contributed by atoms with Gasteiger partial charge in [-0.3, -0.25) is 14.5 Å². The van der Waals surface area contributed by atoms with Crippen LogP contribution >= 0.6 is 23.2 Å². The second kappa shape index (κ2) is 8.83. The molecule has 1 aromatic rings. The first-order valence-corrected chi connectivity index (χ1v) is 11.6. The fourth-order valence-electron chi connectivity index (χ4n) is 4.49. The predicted molar refractivity (Wildman–Crippen MR) is 121 cm³/mol. The van der Waals surface area contributed by atoms with Crippen LogP contribution in [0, 0.1) is 23.6 Å². The Hall–Kier alpha value is -2.26. The molecule has 180 valence electrons. The molecule has 8 nitrogen and oxygen atoms in total. The third-order valence-corrected chi connectivity index (χ3v) is 6.43. The number of anilines is 2. The van der Waals surface area contributed by atoms with E-state index in [1.165, 1.54) is 11.0 Å². The van der Waals surface area contributed by atoms with Gasteiger partial charge in [0.05, 0.1) is 30.4 Å². The summed E-state index contributed by atoms with van der Waals surface area (Å²) in [4.78, 5) is 38.0. The van der Waals surface area contributed by atoms with E-state index in [4.69, 9.17) is 32.7 Å². The number of halogens is 3. The van der Waals surface area contributed by atoms with Crippen LogP contribution in [-0.2, 0) is 19.1 Å². The largest absolute Gasteiger partial charge is 0.460 e. The number of alkyl halides is 2. The number of rotatable bonds is 6. The lowest BCUT2D eigenvalue weighted by atomic mass is 10.1. The number of nitrogens with one attached hydrogen (secondary N) is 1. The summed E-state index contributed by atoms with van der Waals surface area (Å²) in [6.45, 7) is 6.90. The quantitative estimate of drug-likeness (QED) is 0.475. The van der Waals surface area contributed by atoms with E-state index in [9.17, 15) is 18.8 Å². The average Bonchev–Trinajstić information content (AvgIpc) is 3.03. The van der Waals surface area contributed by atoms with Crippen molar-refractivity contribution in [3.8, 4) is 0 Å². The highest BCUT2D eigenvalue weighted by atomic mass is 35.5. The molecule has 3 aliphatic rings. The molecule has 0 aromatic heterocycles. The number of amides is 2. The Labute approximate surface area is 201 Å². The Balaban J connectivity index is 1.34. The van der Waals surface area contributed by atoms with Gasteiger partial charge in [-0.05, 0) is 50.8 Å². The van der Waals surface area contributed by atoms with Crippen LogP contribution in [0.2, 0.25) is 0 Å². The normalized spacial score (nSPS) is 26.3. The van der Waals surface area contributed by atoms with Gasteiger partial charge in [-0.15, -0.1) is 0 Å². The van der Waals surface area contributed by atoms with E-state index >= 15 is 0 Å². The molecule has 2 aliphatic heterocycles. The zero-order chi connectivity index (χ0) is 24.1. The number of piperidine rings is 1. The van der Waals surface area contributed by atoms with E-state index in [1.54, 1.807) is 12.1 Å². The highest BCUT2D eigenvalue weighted by molar-refractivity contribution is 6.53. The van der Waals surface area contributed by atoms with Crippen LogP contribution in [0.15, 0.2) is 18.2 Å². The number of nitrogens with zero attached hydrogens (tertiary/aromatic N) is 2. The summed E-state index contributed by atoms with van der Waals surface area (Å²) >= 11 is 11.0. The summed E-state index contributed by atoms with van der Waals surface area (Å²) in [6.07, 6.45) is -1.23. The van der Waals surface area contributed by atoms with Gasteiger partial charge in [-0.2, -0.15) is 0 Å². The molecule has 2 heterocycles. The van der Waals surface area contributed by atoms with Crippen molar-refractivity contribution in [3.05, 3.63) is 24.0 Å². The van der Waals surface area contributed by atoms with Crippen molar-refractivity contribution >= 4 is 52.5 Å². The first-order chi connectivity index (χ1) is 15.4. The van der Waals surface area contributed by atoms with Gasteiger partial charge in [0.2, 0.25) is 0 Å². The Morgan fingerprint density at radius 3 is 2.48 bits per heavy atom. The van der Waals surface area contributed by atoms with Crippen LogP contribution < -0.4 is 15.1 Å². The van der Waals surface area contributed by atoms with Gasteiger partial charge in [-0.25, -0.2) is 9.18 Å². The maximum Gasteiger partial charge on any atom is 0.414 e. The van der Waals surface area contributed by atoms with Gasteiger partial charge < -0.3 is 19.7 Å². The number of fused-ring (bicyclic) bond motifs is 1. The lowest BCUT2D eigenvalue weighted by Gasteiger charge is -2.25. The molecule has 1 saturated carbocycles. The van der Waals surface area contributed by atoms with Crippen molar-refractivity contribution in [2.45, 2.75) is 37.3 Å². The van der Waals surface area contributed by atoms with Crippen molar-refractivity contribution in [2.24, 2.45) is 17.8 Å². The maximum absolute atomic E-state index is 14.9. The second-order valence-electron chi connectivity index (χ2n) is 9.59. The summed E-state index contributed by atoms with van der Waals surface area (Å²) in [5.41, 5.74) is 0.271. The zero-order valence-corrected chi connectivity index (χ0v) is 20.0. The van der Waals surface area contributed by atoms with Crippen molar-refractivity contribution in [1.82, 2.24) is 5.32 Å². The van der Waals surface area contributed by atoms with Crippen molar-refractivity contribution < 1.29 is 28.2 Å². The minimum absolute atomic E-state index is 0.0486. The van der Waals surface area contributed by atoms with Crippen molar-refractivity contribution in [3.63, 3.8) is 0 Å². The fraction of sp³-hybridized carbons (Fsp3) is 0.591. The van der Waals surface area contributed by atoms with E-state index in [0.717, 1.165) is 0 Å². The van der Waals surface area contributed by atoms with Gasteiger partial charge in [0, 0.05) is 13.1 Å². The second-order valence-corrected chi connectivity index (χ2v) is 10.7. The highest BCUT2D eigenvalue weighted by Crippen LogP contribution is 2.53. The summed E-state index contributed by atoms with van der Waals surface area (Å²) in [5.74, 6) is -1.00. The minimum Gasteiger partial charge on any atom is -0.460 e. The molecule has 1 aliphatic carbocycles. The van der Waals surface area contributed by atoms with E-state index < -0.39 is 34.4 Å². The molecule has 0 radical (unpaired) electrons. The molecule has 0 bridgehead atoms. The molecule has 11 heteroatoms. The number of benzene rings is 1. The number of carbonyl (C=O) groups excluding carboxylic acids is 3. The molecule has 33 heavy (non-hydrogen) atoms. The van der Waals surface area contributed by atoms with Gasteiger partial charge in [-0.1, -0.05) is 23.2 Å². The Morgan fingerprint density at radius 2 is 1.91 bits per heavy atom. The number of ether oxygens (including phenoxy) is 2. The fourth-order valence-corrected chi connectivity index (χ4v) is 4.65. The molecule has 2 amide bonds. The van der Waals surface area contributed by atoms with E-state index in [-0.39, 0.29) is 36.8 Å². The maximum atomic E-state index is 14.9. The monoisotopic (exact) mass is 501 g/mol. The molecule has 4 atom stereocenters. The third kappa shape index (κ3) is 5.14. The zero-order valence-electron chi connectivity index (χ0n) is 18.5. The van der Waals surface area contributed by atoms with Crippen molar-refractivity contribution in [1.29, 1.82) is 0 Å². The lowest BCUT2D eigenvalue weighted by Crippen LogP contribution is -2.37. The number of cyclic esters (lactones) is 1. The van der Waals surface area contributed by atoms with Crippen LogP contribution in [0.5, 0.6) is 0 Å². The predicted octanol–water partition coefficient (Wildman–Crippen LogP) is 3.09. The van der Waals surface area contributed by atoms with Crippen LogP contribution in [0.25, 0.3) is 0 Å².